The summed E-state index contributed by atoms with van der Waals surface area (Å²) >= 11 is 0. The zero-order valence-electron chi connectivity index (χ0n) is 27.8. The van der Waals surface area contributed by atoms with Crippen molar-refractivity contribution in [3.63, 3.8) is 0 Å². The molecule has 0 spiro atoms. The first-order chi connectivity index (χ1) is 21.7. The second-order valence-electron chi connectivity index (χ2n) is 13.8. The number of hydrogen-bond acceptors (Lipinski definition) is 4. The maximum atomic E-state index is 6.06. The monoisotopic (exact) mass is 802 g/mol. The van der Waals surface area contributed by atoms with Gasteiger partial charge in [-0.05, 0) is 72.8 Å². The summed E-state index contributed by atoms with van der Waals surface area (Å²) in [6.45, 7) is 13.7. The third-order valence-electron chi connectivity index (χ3n) is 8.69. The molecule has 0 atom stereocenters. The number of benzene rings is 2. The van der Waals surface area contributed by atoms with Crippen molar-refractivity contribution in [3.05, 3.63) is 108 Å². The first-order valence-electron chi connectivity index (χ1n) is 16.3. The van der Waals surface area contributed by atoms with Crippen LogP contribution >= 0.6 is 0 Å². The average molecular weight is 802 g/mol. The molecule has 4 nitrogen and oxygen atoms in total. The Morgan fingerprint density at radius 3 is 2.41 bits per heavy atom. The normalized spacial score (nSPS) is 13.5. The molecule has 0 N–H and O–H groups in total. The van der Waals surface area contributed by atoms with Gasteiger partial charge in [-0.25, -0.2) is 4.98 Å². The summed E-state index contributed by atoms with van der Waals surface area (Å²) < 4.78 is 6.06. The van der Waals surface area contributed by atoms with Crippen molar-refractivity contribution in [1.82, 2.24) is 15.0 Å². The zero-order valence-corrected chi connectivity index (χ0v) is 31.2. The molecule has 4 aromatic heterocycles. The number of furan rings is 1. The van der Waals surface area contributed by atoms with Gasteiger partial charge >= 0.3 is 0 Å². The van der Waals surface area contributed by atoms with Gasteiger partial charge in [0.05, 0.1) is 13.7 Å². The summed E-state index contributed by atoms with van der Waals surface area (Å²) in [7, 11) is -1.34. The van der Waals surface area contributed by atoms with Crippen molar-refractivity contribution in [2.75, 3.05) is 0 Å². The smallest absolute Gasteiger partial charge is 0.216 e. The van der Waals surface area contributed by atoms with Crippen molar-refractivity contribution < 1.29 is 24.5 Å². The third kappa shape index (κ3) is 7.57. The quantitative estimate of drug-likeness (QED) is 0.124. The Bertz CT molecular complexity index is 1920. The summed E-state index contributed by atoms with van der Waals surface area (Å²) in [5.74, 6) is 1.36. The minimum absolute atomic E-state index is 0. The molecular weight excluding hydrogens is 759 g/mol. The van der Waals surface area contributed by atoms with Crippen LogP contribution in [0.15, 0.2) is 83.5 Å². The van der Waals surface area contributed by atoms with Crippen LogP contribution in [-0.4, -0.2) is 23.0 Å². The number of nitrogens with zero attached hydrogens (tertiary/aromatic N) is 3. The van der Waals surface area contributed by atoms with Crippen molar-refractivity contribution in [1.29, 1.82) is 0 Å². The van der Waals surface area contributed by atoms with Crippen LogP contribution < -0.4 is 5.19 Å². The summed E-state index contributed by atoms with van der Waals surface area (Å²) in [6.07, 6.45) is 10.5. The van der Waals surface area contributed by atoms with E-state index >= 15 is 0 Å². The molecule has 2 aromatic carbocycles. The number of rotatable bonds is 6. The fraction of sp³-hybridized carbons (Fsp3) is 0.325. The van der Waals surface area contributed by atoms with E-state index in [1.54, 1.807) is 10.8 Å². The maximum absolute atomic E-state index is 6.06. The van der Waals surface area contributed by atoms with Gasteiger partial charge in [0.1, 0.15) is 0 Å². The van der Waals surface area contributed by atoms with Crippen LogP contribution in [0.25, 0.3) is 44.6 Å². The molecule has 239 valence electrons. The van der Waals surface area contributed by atoms with Gasteiger partial charge < -0.3 is 14.4 Å². The van der Waals surface area contributed by atoms with Gasteiger partial charge in [0.25, 0.3) is 0 Å². The minimum Gasteiger partial charge on any atom is -0.486 e. The Kier molecular flexibility index (Phi) is 10.7. The van der Waals surface area contributed by atoms with Crippen LogP contribution in [0.1, 0.15) is 62.3 Å². The molecule has 1 aliphatic rings. The summed E-state index contributed by atoms with van der Waals surface area (Å²) in [6, 6.07) is 29.4. The molecule has 1 radical (unpaired) electrons. The zero-order chi connectivity index (χ0) is 31.6. The molecule has 0 amide bonds. The largest absolute Gasteiger partial charge is 0.486 e. The second kappa shape index (κ2) is 14.5. The van der Waals surface area contributed by atoms with E-state index in [4.69, 9.17) is 9.40 Å². The van der Waals surface area contributed by atoms with Crippen molar-refractivity contribution in [2.45, 2.75) is 78.4 Å². The Morgan fingerprint density at radius 1 is 0.891 bits per heavy atom. The molecular formula is C40H43IrN3OSi-2. The van der Waals surface area contributed by atoms with Crippen LogP contribution in [-0.2, 0) is 26.5 Å². The Hall–Kier alpha value is -3.44. The van der Waals surface area contributed by atoms with Crippen LogP contribution in [0.5, 0.6) is 0 Å². The Labute approximate surface area is 288 Å². The molecule has 0 saturated heterocycles. The first kappa shape index (κ1) is 33.9. The van der Waals surface area contributed by atoms with Crippen molar-refractivity contribution in [3.8, 4) is 22.5 Å². The van der Waals surface area contributed by atoms with Crippen LogP contribution in [0.4, 0.5) is 0 Å². The molecule has 0 unspecified atom stereocenters. The van der Waals surface area contributed by atoms with Crippen LogP contribution in [0.3, 0.4) is 0 Å². The van der Waals surface area contributed by atoms with E-state index in [0.29, 0.717) is 11.6 Å². The SMILES string of the molecule is C[Si](C)(C)c1cnc(-c2[c-]cccc2)cc1C1CCCC1.Cc1ccc2c(n1)oc1c(-c3cc(CC(C)C)ccn3)[c-]ccc12.[Ir]. The molecule has 46 heavy (non-hydrogen) atoms. The van der Waals surface area contributed by atoms with Gasteiger partial charge in [0.15, 0.2) is 0 Å². The van der Waals surface area contributed by atoms with E-state index < -0.39 is 8.07 Å². The number of aromatic nitrogens is 3. The average Bonchev–Trinajstić information content (AvgIpc) is 3.69. The van der Waals surface area contributed by atoms with E-state index in [-0.39, 0.29) is 20.1 Å². The maximum Gasteiger partial charge on any atom is 0.216 e. The first-order valence-corrected chi connectivity index (χ1v) is 19.8. The van der Waals surface area contributed by atoms with E-state index in [9.17, 15) is 0 Å². The summed E-state index contributed by atoms with van der Waals surface area (Å²) in [5, 5.41) is 3.64. The van der Waals surface area contributed by atoms with Crippen LogP contribution in [0, 0.1) is 25.0 Å². The molecule has 1 fully saturated rings. The molecule has 1 saturated carbocycles. The predicted molar refractivity (Wildman–Crippen MR) is 190 cm³/mol. The fourth-order valence-corrected chi connectivity index (χ4v) is 8.08. The standard InChI is InChI=1S/C21H19N2O.C19H24NSi.Ir/c1-13(2)11-15-9-10-22-19(12-15)18-6-4-5-16-17-8-7-14(3)23-21(17)24-20(16)18;1-21(2,3)19-14-20-18(16-11-5-4-6-12-16)13-17(19)15-9-7-8-10-15;/h4-5,7-10,12-13H,11H2,1-3H3;4-6,11,13-15H,7-10H2,1-3H3;/q2*-1;. The topological polar surface area (TPSA) is 51.8 Å². The van der Waals surface area contributed by atoms with Gasteiger partial charge in [-0.2, -0.15) is 0 Å². The number of pyridine rings is 3. The second-order valence-corrected chi connectivity index (χ2v) is 18.9. The van der Waals surface area contributed by atoms with Gasteiger partial charge in [-0.3, -0.25) is 0 Å². The Balaban J connectivity index is 0.000000179. The van der Waals surface area contributed by atoms with Gasteiger partial charge in [0, 0.05) is 43.6 Å². The summed E-state index contributed by atoms with van der Waals surface area (Å²) in [5.41, 5.74) is 9.27. The van der Waals surface area contributed by atoms with E-state index in [0.717, 1.165) is 56.9 Å². The van der Waals surface area contributed by atoms with Gasteiger partial charge in [0.2, 0.25) is 5.71 Å². The number of fused-ring (bicyclic) bond motifs is 3. The molecule has 4 heterocycles. The molecule has 0 bridgehead atoms. The molecule has 6 heteroatoms. The van der Waals surface area contributed by atoms with Gasteiger partial charge in [-0.1, -0.05) is 80.5 Å². The number of aryl methyl sites for hydroxylation is 1. The molecule has 1 aliphatic carbocycles. The predicted octanol–water partition coefficient (Wildman–Crippen LogP) is 10.1. The van der Waals surface area contributed by atoms with Crippen LogP contribution in [0.2, 0.25) is 19.6 Å². The van der Waals surface area contributed by atoms with E-state index in [1.807, 2.05) is 43.5 Å². The Morgan fingerprint density at radius 2 is 1.70 bits per heavy atom. The van der Waals surface area contributed by atoms with Crippen molar-refractivity contribution >= 4 is 35.3 Å². The fourth-order valence-electron chi connectivity index (χ4n) is 6.49. The molecule has 6 aromatic rings. The van der Waals surface area contributed by atoms with E-state index in [1.165, 1.54) is 31.2 Å². The van der Waals surface area contributed by atoms with Crippen molar-refractivity contribution in [2.24, 2.45) is 5.92 Å². The number of hydrogen-bond donors (Lipinski definition) is 0. The molecule has 7 rings (SSSR count). The minimum atomic E-state index is -1.34. The third-order valence-corrected chi connectivity index (χ3v) is 10.7. The van der Waals surface area contributed by atoms with E-state index in [2.05, 4.69) is 98.2 Å². The molecule has 0 aliphatic heterocycles. The van der Waals surface area contributed by atoms with Gasteiger partial charge in [-0.15, -0.1) is 54.1 Å². The summed E-state index contributed by atoms with van der Waals surface area (Å²) in [4.78, 5) is 13.8.